The van der Waals surface area contributed by atoms with E-state index in [1.165, 1.54) is 12.3 Å². The van der Waals surface area contributed by atoms with Gasteiger partial charge in [-0.15, -0.1) is 0 Å². The van der Waals surface area contributed by atoms with Crippen LogP contribution < -0.4 is 9.64 Å². The first kappa shape index (κ1) is 17.6. The molecule has 8 heteroatoms. The van der Waals surface area contributed by atoms with Crippen LogP contribution in [0.4, 0.5) is 5.95 Å². The fraction of sp³-hybridized carbons (Fsp3) is 0.471. The number of pyridine rings is 1. The van der Waals surface area contributed by atoms with E-state index in [2.05, 4.69) is 26.8 Å². The van der Waals surface area contributed by atoms with Gasteiger partial charge in [-0.05, 0) is 24.1 Å². The summed E-state index contributed by atoms with van der Waals surface area (Å²) >= 11 is 0. The standard InChI is InChI=1S/C17H22N4O3S/c1-3-13-10-19-17(20-11-13)21-8-6-14(7-9-21)24-15-4-5-16(18-12-15)25(2,22)23/h4-5,10-12,14H,3,6-9H2,1-2H3. The van der Waals surface area contributed by atoms with Crippen LogP contribution in [0.1, 0.15) is 25.3 Å². The molecule has 0 radical (unpaired) electrons. The highest BCUT2D eigenvalue weighted by Gasteiger charge is 2.22. The summed E-state index contributed by atoms with van der Waals surface area (Å²) in [6.07, 6.45) is 9.08. The van der Waals surface area contributed by atoms with Gasteiger partial charge in [-0.3, -0.25) is 0 Å². The van der Waals surface area contributed by atoms with Crippen molar-refractivity contribution in [3.8, 4) is 5.75 Å². The van der Waals surface area contributed by atoms with E-state index in [0.29, 0.717) is 5.75 Å². The third kappa shape index (κ3) is 4.45. The first-order valence-corrected chi connectivity index (χ1v) is 10.2. The second kappa shape index (κ2) is 7.35. The van der Waals surface area contributed by atoms with Gasteiger partial charge in [0, 0.05) is 44.6 Å². The third-order valence-electron chi connectivity index (χ3n) is 4.22. The topological polar surface area (TPSA) is 85.3 Å². The van der Waals surface area contributed by atoms with Gasteiger partial charge in [0.15, 0.2) is 14.9 Å². The summed E-state index contributed by atoms with van der Waals surface area (Å²) in [4.78, 5) is 15.0. The Morgan fingerprint density at radius 3 is 2.32 bits per heavy atom. The molecule has 0 amide bonds. The van der Waals surface area contributed by atoms with Gasteiger partial charge in [-0.25, -0.2) is 23.4 Å². The number of nitrogens with zero attached hydrogens (tertiary/aromatic N) is 4. The lowest BCUT2D eigenvalue weighted by molar-refractivity contribution is 0.169. The second-order valence-electron chi connectivity index (χ2n) is 6.15. The van der Waals surface area contributed by atoms with Crippen molar-refractivity contribution in [2.75, 3.05) is 24.2 Å². The zero-order chi connectivity index (χ0) is 17.9. The molecule has 1 fully saturated rings. The Balaban J connectivity index is 1.55. The highest BCUT2D eigenvalue weighted by Crippen LogP contribution is 2.21. The van der Waals surface area contributed by atoms with Crippen molar-refractivity contribution < 1.29 is 13.2 Å². The lowest BCUT2D eigenvalue weighted by Gasteiger charge is -2.32. The van der Waals surface area contributed by atoms with E-state index in [-0.39, 0.29) is 11.1 Å². The Bertz CT molecular complexity index is 799. The molecule has 134 valence electrons. The number of hydrogen-bond donors (Lipinski definition) is 0. The summed E-state index contributed by atoms with van der Waals surface area (Å²) in [5.74, 6) is 1.35. The van der Waals surface area contributed by atoms with E-state index < -0.39 is 9.84 Å². The first-order valence-electron chi connectivity index (χ1n) is 8.34. The largest absolute Gasteiger partial charge is 0.489 e. The predicted molar refractivity (Wildman–Crippen MR) is 94.6 cm³/mol. The number of anilines is 1. The monoisotopic (exact) mass is 362 g/mol. The van der Waals surface area contributed by atoms with Gasteiger partial charge in [0.05, 0.1) is 6.20 Å². The second-order valence-corrected chi connectivity index (χ2v) is 8.12. The first-order chi connectivity index (χ1) is 12.0. The molecule has 2 aromatic rings. The number of aromatic nitrogens is 3. The molecular weight excluding hydrogens is 340 g/mol. The average Bonchev–Trinajstić information content (AvgIpc) is 2.62. The molecule has 0 atom stereocenters. The van der Waals surface area contributed by atoms with Crippen molar-refractivity contribution in [3.05, 3.63) is 36.3 Å². The van der Waals surface area contributed by atoms with Crippen molar-refractivity contribution in [2.45, 2.75) is 37.3 Å². The van der Waals surface area contributed by atoms with Crippen LogP contribution in [0.2, 0.25) is 0 Å². The molecule has 1 aliphatic heterocycles. The number of aryl methyl sites for hydroxylation is 1. The number of sulfone groups is 1. The van der Waals surface area contributed by atoms with Gasteiger partial charge in [-0.2, -0.15) is 0 Å². The molecule has 0 spiro atoms. The minimum Gasteiger partial charge on any atom is -0.489 e. The maximum absolute atomic E-state index is 11.4. The Hall–Kier alpha value is -2.22. The van der Waals surface area contributed by atoms with Crippen LogP contribution in [0, 0.1) is 0 Å². The quantitative estimate of drug-likeness (QED) is 0.803. The maximum atomic E-state index is 11.4. The van der Waals surface area contributed by atoms with Gasteiger partial charge >= 0.3 is 0 Å². The van der Waals surface area contributed by atoms with Gasteiger partial charge in [-0.1, -0.05) is 6.92 Å². The predicted octanol–water partition coefficient (Wildman–Crippen LogP) is 1.89. The zero-order valence-electron chi connectivity index (χ0n) is 14.4. The number of ether oxygens (including phenoxy) is 1. The molecule has 7 nitrogen and oxygen atoms in total. The van der Waals surface area contributed by atoms with Crippen LogP contribution in [0.25, 0.3) is 0 Å². The Labute approximate surface area is 148 Å². The smallest absolute Gasteiger partial charge is 0.225 e. The van der Waals surface area contributed by atoms with E-state index in [1.54, 1.807) is 6.07 Å². The fourth-order valence-corrected chi connectivity index (χ4v) is 3.28. The molecule has 0 saturated carbocycles. The summed E-state index contributed by atoms with van der Waals surface area (Å²) in [7, 11) is -3.28. The molecule has 0 aliphatic carbocycles. The Kier molecular flexibility index (Phi) is 5.17. The maximum Gasteiger partial charge on any atom is 0.225 e. The van der Waals surface area contributed by atoms with E-state index in [0.717, 1.165) is 50.1 Å². The lowest BCUT2D eigenvalue weighted by atomic mass is 10.1. The van der Waals surface area contributed by atoms with Crippen LogP contribution >= 0.6 is 0 Å². The molecule has 0 N–H and O–H groups in total. The van der Waals surface area contributed by atoms with Crippen molar-refractivity contribution in [1.82, 2.24) is 15.0 Å². The summed E-state index contributed by atoms with van der Waals surface area (Å²) in [6.45, 7) is 3.73. The number of rotatable bonds is 5. The normalized spacial score (nSPS) is 16.0. The molecule has 1 saturated heterocycles. The third-order valence-corrected chi connectivity index (χ3v) is 5.22. The minimum absolute atomic E-state index is 0.0577. The Morgan fingerprint density at radius 1 is 1.12 bits per heavy atom. The molecule has 1 aliphatic rings. The number of piperidine rings is 1. The van der Waals surface area contributed by atoms with E-state index >= 15 is 0 Å². The average molecular weight is 362 g/mol. The zero-order valence-corrected chi connectivity index (χ0v) is 15.2. The van der Waals surface area contributed by atoms with Crippen molar-refractivity contribution in [3.63, 3.8) is 0 Å². The van der Waals surface area contributed by atoms with Crippen LogP contribution in [-0.4, -0.2) is 48.8 Å². The van der Waals surface area contributed by atoms with Gasteiger partial charge in [0.1, 0.15) is 11.9 Å². The molecule has 3 rings (SSSR count). The molecular formula is C17H22N4O3S. The lowest BCUT2D eigenvalue weighted by Crippen LogP contribution is -2.39. The minimum atomic E-state index is -3.28. The molecule has 0 bridgehead atoms. The van der Waals surface area contributed by atoms with Crippen LogP contribution in [0.3, 0.4) is 0 Å². The van der Waals surface area contributed by atoms with Crippen LogP contribution in [0.15, 0.2) is 35.7 Å². The van der Waals surface area contributed by atoms with Crippen molar-refractivity contribution in [2.24, 2.45) is 0 Å². The highest BCUT2D eigenvalue weighted by molar-refractivity contribution is 7.90. The molecule has 0 unspecified atom stereocenters. The van der Waals surface area contributed by atoms with E-state index in [1.807, 2.05) is 12.4 Å². The summed E-state index contributed by atoms with van der Waals surface area (Å²) in [5, 5.41) is 0.0577. The number of hydrogen-bond acceptors (Lipinski definition) is 7. The molecule has 0 aromatic carbocycles. The summed E-state index contributed by atoms with van der Waals surface area (Å²) in [5.41, 5.74) is 1.13. The van der Waals surface area contributed by atoms with E-state index in [9.17, 15) is 8.42 Å². The van der Waals surface area contributed by atoms with E-state index in [4.69, 9.17) is 4.74 Å². The van der Waals surface area contributed by atoms with Gasteiger partial charge in [0.2, 0.25) is 5.95 Å². The molecule has 25 heavy (non-hydrogen) atoms. The van der Waals surface area contributed by atoms with Crippen molar-refractivity contribution in [1.29, 1.82) is 0 Å². The Morgan fingerprint density at radius 2 is 1.80 bits per heavy atom. The van der Waals surface area contributed by atoms with Gasteiger partial charge < -0.3 is 9.64 Å². The highest BCUT2D eigenvalue weighted by atomic mass is 32.2. The van der Waals surface area contributed by atoms with Crippen molar-refractivity contribution >= 4 is 15.8 Å². The molecule has 2 aromatic heterocycles. The fourth-order valence-electron chi connectivity index (χ4n) is 2.72. The van der Waals surface area contributed by atoms with Crippen LogP contribution in [0.5, 0.6) is 5.75 Å². The van der Waals surface area contributed by atoms with Gasteiger partial charge in [0.25, 0.3) is 0 Å². The van der Waals surface area contributed by atoms with Crippen LogP contribution in [-0.2, 0) is 16.3 Å². The summed E-state index contributed by atoms with van der Waals surface area (Å²) < 4.78 is 28.8. The SMILES string of the molecule is CCc1cnc(N2CCC(Oc3ccc(S(C)(=O)=O)nc3)CC2)nc1. The molecule has 3 heterocycles. The summed E-state index contributed by atoms with van der Waals surface area (Å²) in [6, 6.07) is 3.13.